The molecule has 1 saturated heterocycles. The summed E-state index contributed by atoms with van der Waals surface area (Å²) in [5.41, 5.74) is 5.49. The van der Waals surface area contributed by atoms with Gasteiger partial charge in [-0.3, -0.25) is 0 Å². The number of hydrogen-bond acceptors (Lipinski definition) is 3. The lowest BCUT2D eigenvalue weighted by molar-refractivity contribution is -0.141. The van der Waals surface area contributed by atoms with E-state index in [1.807, 2.05) is 11.8 Å². The van der Waals surface area contributed by atoms with Gasteiger partial charge < -0.3 is 10.6 Å². The van der Waals surface area contributed by atoms with E-state index in [0.29, 0.717) is 29.8 Å². The molecule has 0 saturated carbocycles. The van der Waals surface area contributed by atoms with Crippen molar-refractivity contribution in [2.45, 2.75) is 46.0 Å². The van der Waals surface area contributed by atoms with Crippen molar-refractivity contribution in [2.24, 2.45) is 17.6 Å². The molecular weight excluding hydrogens is 279 g/mol. The number of nitrogens with zero attached hydrogens (tertiary/aromatic N) is 2. The van der Waals surface area contributed by atoms with Crippen molar-refractivity contribution in [3.05, 3.63) is 23.4 Å². The maximum Gasteiger partial charge on any atom is 0.433 e. The summed E-state index contributed by atoms with van der Waals surface area (Å²) in [4.78, 5) is 5.86. The Balaban J connectivity index is 2.45. The van der Waals surface area contributed by atoms with Gasteiger partial charge >= 0.3 is 6.18 Å². The third-order valence-corrected chi connectivity index (χ3v) is 4.34. The molecule has 1 aromatic heterocycles. The first kappa shape index (κ1) is 16.1. The molecule has 118 valence electrons. The first-order chi connectivity index (χ1) is 9.74. The van der Waals surface area contributed by atoms with Crippen LogP contribution in [-0.2, 0) is 12.7 Å². The molecule has 0 amide bonds. The summed E-state index contributed by atoms with van der Waals surface area (Å²) >= 11 is 0. The van der Waals surface area contributed by atoms with E-state index in [1.54, 1.807) is 0 Å². The number of nitrogens with two attached hydrogens (primary N) is 1. The second kappa shape index (κ2) is 5.83. The molecule has 3 nitrogen and oxygen atoms in total. The van der Waals surface area contributed by atoms with Crippen LogP contribution in [0.1, 0.15) is 38.4 Å². The van der Waals surface area contributed by atoms with Crippen molar-refractivity contribution < 1.29 is 13.2 Å². The molecule has 6 heteroatoms. The molecule has 1 aliphatic heterocycles. The van der Waals surface area contributed by atoms with Gasteiger partial charge in [0.1, 0.15) is 11.5 Å². The van der Waals surface area contributed by atoms with Gasteiger partial charge in [0, 0.05) is 24.7 Å². The topological polar surface area (TPSA) is 42.2 Å². The van der Waals surface area contributed by atoms with Crippen LogP contribution in [0.4, 0.5) is 19.0 Å². The molecular formula is C15H22F3N3. The van der Waals surface area contributed by atoms with Crippen molar-refractivity contribution in [2.75, 3.05) is 11.4 Å². The average molecular weight is 301 g/mol. The van der Waals surface area contributed by atoms with Crippen LogP contribution >= 0.6 is 0 Å². The fraction of sp³-hybridized carbons (Fsp3) is 0.667. The zero-order valence-corrected chi connectivity index (χ0v) is 12.6. The van der Waals surface area contributed by atoms with E-state index in [2.05, 4.69) is 18.8 Å². The molecule has 1 aromatic rings. The van der Waals surface area contributed by atoms with E-state index in [9.17, 15) is 13.2 Å². The minimum absolute atomic E-state index is 0.155. The molecule has 1 aliphatic rings. The van der Waals surface area contributed by atoms with Crippen molar-refractivity contribution >= 4 is 5.82 Å². The molecule has 1 fully saturated rings. The van der Waals surface area contributed by atoms with Crippen LogP contribution in [0.15, 0.2) is 12.1 Å². The Labute approximate surface area is 123 Å². The highest BCUT2D eigenvalue weighted by atomic mass is 19.4. The summed E-state index contributed by atoms with van der Waals surface area (Å²) in [5, 5.41) is 0. The fourth-order valence-electron chi connectivity index (χ4n) is 3.04. The van der Waals surface area contributed by atoms with Gasteiger partial charge in [-0.25, -0.2) is 4.98 Å². The van der Waals surface area contributed by atoms with Crippen molar-refractivity contribution in [1.29, 1.82) is 0 Å². The van der Waals surface area contributed by atoms with Gasteiger partial charge in [0.25, 0.3) is 0 Å². The maximum absolute atomic E-state index is 12.9. The number of piperidine rings is 1. The van der Waals surface area contributed by atoms with Gasteiger partial charge in [-0.15, -0.1) is 0 Å². The Morgan fingerprint density at radius 3 is 2.52 bits per heavy atom. The molecule has 0 aromatic carbocycles. The molecule has 21 heavy (non-hydrogen) atoms. The number of pyridine rings is 1. The van der Waals surface area contributed by atoms with Crippen molar-refractivity contribution in [1.82, 2.24) is 4.98 Å². The van der Waals surface area contributed by atoms with E-state index in [-0.39, 0.29) is 12.6 Å². The normalized spacial score (nSPS) is 27.0. The molecule has 0 bridgehead atoms. The number of hydrogen-bond donors (Lipinski definition) is 1. The lowest BCUT2D eigenvalue weighted by Gasteiger charge is -2.42. The summed E-state index contributed by atoms with van der Waals surface area (Å²) < 4.78 is 38.7. The number of rotatable bonds is 2. The molecule has 3 atom stereocenters. The SMILES string of the molecule is CC1CC(C)C(C)N(c2nc(C(F)(F)F)ccc2CN)C1. The summed E-state index contributed by atoms with van der Waals surface area (Å²) in [6.45, 7) is 7.19. The van der Waals surface area contributed by atoms with Gasteiger partial charge in [0.05, 0.1) is 0 Å². The minimum atomic E-state index is -4.43. The van der Waals surface area contributed by atoms with Crippen LogP contribution in [0.3, 0.4) is 0 Å². The van der Waals surface area contributed by atoms with Gasteiger partial charge in [-0.1, -0.05) is 19.9 Å². The Hall–Kier alpha value is -1.30. The first-order valence-electron chi connectivity index (χ1n) is 7.27. The predicted molar refractivity (Wildman–Crippen MR) is 76.9 cm³/mol. The number of anilines is 1. The quantitative estimate of drug-likeness (QED) is 0.910. The predicted octanol–water partition coefficient (Wildman–Crippen LogP) is 3.43. The zero-order valence-electron chi connectivity index (χ0n) is 12.6. The highest BCUT2D eigenvalue weighted by molar-refractivity contribution is 5.49. The Morgan fingerprint density at radius 1 is 1.29 bits per heavy atom. The van der Waals surface area contributed by atoms with E-state index < -0.39 is 11.9 Å². The lowest BCUT2D eigenvalue weighted by Crippen LogP contribution is -2.47. The number of aromatic nitrogens is 1. The molecule has 0 spiro atoms. The van der Waals surface area contributed by atoms with Gasteiger partial charge in [-0.2, -0.15) is 13.2 Å². The summed E-state index contributed by atoms with van der Waals surface area (Å²) in [5.74, 6) is 1.23. The highest BCUT2D eigenvalue weighted by Crippen LogP contribution is 2.35. The molecule has 2 rings (SSSR count). The first-order valence-corrected chi connectivity index (χ1v) is 7.27. The van der Waals surface area contributed by atoms with Crippen molar-refractivity contribution in [3.63, 3.8) is 0 Å². The van der Waals surface area contributed by atoms with Crippen LogP contribution in [0, 0.1) is 11.8 Å². The van der Waals surface area contributed by atoms with Gasteiger partial charge in [0.15, 0.2) is 0 Å². The van der Waals surface area contributed by atoms with E-state index in [1.165, 1.54) is 6.07 Å². The number of alkyl halides is 3. The summed E-state index contributed by atoms with van der Waals surface area (Å²) in [6.07, 6.45) is -3.35. The standard InChI is InChI=1S/C15H22F3N3/c1-9-6-10(2)11(3)21(8-9)14-12(7-19)4-5-13(20-14)15(16,17)18/h4-5,9-11H,6-8,19H2,1-3H3. The van der Waals surface area contributed by atoms with E-state index in [0.717, 1.165) is 12.5 Å². The largest absolute Gasteiger partial charge is 0.433 e. The third kappa shape index (κ3) is 3.31. The fourth-order valence-corrected chi connectivity index (χ4v) is 3.04. The monoisotopic (exact) mass is 301 g/mol. The van der Waals surface area contributed by atoms with Crippen LogP contribution < -0.4 is 10.6 Å². The van der Waals surface area contributed by atoms with Crippen LogP contribution in [-0.4, -0.2) is 17.6 Å². The lowest BCUT2D eigenvalue weighted by atomic mass is 9.86. The Kier molecular flexibility index (Phi) is 4.46. The van der Waals surface area contributed by atoms with Crippen LogP contribution in [0.2, 0.25) is 0 Å². The van der Waals surface area contributed by atoms with Crippen LogP contribution in [0.5, 0.6) is 0 Å². The third-order valence-electron chi connectivity index (χ3n) is 4.34. The van der Waals surface area contributed by atoms with Gasteiger partial charge in [0.2, 0.25) is 0 Å². The molecule has 3 unspecified atom stereocenters. The smallest absolute Gasteiger partial charge is 0.353 e. The minimum Gasteiger partial charge on any atom is -0.353 e. The highest BCUT2D eigenvalue weighted by Gasteiger charge is 2.35. The maximum atomic E-state index is 12.9. The summed E-state index contributed by atoms with van der Waals surface area (Å²) in [6, 6.07) is 2.61. The van der Waals surface area contributed by atoms with Crippen LogP contribution in [0.25, 0.3) is 0 Å². The average Bonchev–Trinajstić information content (AvgIpc) is 2.41. The molecule has 2 heterocycles. The van der Waals surface area contributed by atoms with Crippen molar-refractivity contribution in [3.8, 4) is 0 Å². The second-order valence-electron chi connectivity index (χ2n) is 6.09. The zero-order chi connectivity index (χ0) is 15.8. The molecule has 0 radical (unpaired) electrons. The molecule has 2 N–H and O–H groups in total. The second-order valence-corrected chi connectivity index (χ2v) is 6.09. The Morgan fingerprint density at radius 2 is 1.95 bits per heavy atom. The van der Waals surface area contributed by atoms with Gasteiger partial charge in [-0.05, 0) is 31.2 Å². The Bertz CT molecular complexity index is 501. The van der Waals surface area contributed by atoms with E-state index >= 15 is 0 Å². The number of halogens is 3. The summed E-state index contributed by atoms with van der Waals surface area (Å²) in [7, 11) is 0. The van der Waals surface area contributed by atoms with E-state index in [4.69, 9.17) is 5.73 Å². The molecule has 0 aliphatic carbocycles.